The van der Waals surface area contributed by atoms with Gasteiger partial charge in [-0.15, -0.1) is 0 Å². The van der Waals surface area contributed by atoms with Crippen LogP contribution in [0.5, 0.6) is 0 Å². The first-order valence-corrected chi connectivity index (χ1v) is 5.95. The monoisotopic (exact) mass is 272 g/mol. The Balaban J connectivity index is 0.000000200. The maximum absolute atomic E-state index is 10.5. The number of carbonyl (C=O) groups excluding carboxylic acids is 2. The van der Waals surface area contributed by atoms with E-state index in [1.165, 1.54) is 13.8 Å². The van der Waals surface area contributed by atoms with Crippen LogP contribution in [0.4, 0.5) is 11.6 Å². The van der Waals surface area contributed by atoms with Crippen molar-refractivity contribution in [1.82, 2.24) is 9.97 Å². The first-order valence-electron chi connectivity index (χ1n) is 5.95. The average molecular weight is 272 g/mol. The highest BCUT2D eigenvalue weighted by Crippen LogP contribution is 1.98. The summed E-state index contributed by atoms with van der Waals surface area (Å²) in [7, 11) is 0. The number of rotatable bonds is 2. The largest absolute Gasteiger partial charge is 0.311 e. The van der Waals surface area contributed by atoms with Gasteiger partial charge in [0.05, 0.1) is 0 Å². The number of amides is 2. The first kappa shape index (κ1) is 15.3. The minimum absolute atomic E-state index is 0.0984. The van der Waals surface area contributed by atoms with Crippen molar-refractivity contribution in [3.05, 3.63) is 48.8 Å². The molecule has 2 N–H and O–H groups in total. The topological polar surface area (TPSA) is 84.0 Å². The molecule has 0 bridgehead atoms. The van der Waals surface area contributed by atoms with Crippen LogP contribution in [0, 0.1) is 0 Å². The molecule has 0 aliphatic heterocycles. The Hall–Kier alpha value is -2.76. The lowest BCUT2D eigenvalue weighted by Gasteiger charge is -1.96. The minimum Gasteiger partial charge on any atom is -0.311 e. The summed E-state index contributed by atoms with van der Waals surface area (Å²) in [5.41, 5.74) is 0. The van der Waals surface area contributed by atoms with Crippen molar-refractivity contribution >= 4 is 23.5 Å². The molecule has 2 rings (SSSR count). The number of pyridine rings is 2. The lowest BCUT2D eigenvalue weighted by atomic mass is 10.4. The molecule has 2 amide bonds. The summed E-state index contributed by atoms with van der Waals surface area (Å²) in [4.78, 5) is 28.7. The molecule has 0 fully saturated rings. The Morgan fingerprint density at radius 2 is 1.20 bits per heavy atom. The van der Waals surface area contributed by atoms with Gasteiger partial charge in [-0.2, -0.15) is 0 Å². The van der Waals surface area contributed by atoms with E-state index >= 15 is 0 Å². The molecule has 2 aromatic rings. The van der Waals surface area contributed by atoms with Crippen LogP contribution >= 0.6 is 0 Å². The zero-order chi connectivity index (χ0) is 14.8. The molecule has 2 aromatic heterocycles. The molecular formula is C14H16N4O2. The smallest absolute Gasteiger partial charge is 0.222 e. The molecule has 0 aliphatic rings. The van der Waals surface area contributed by atoms with Crippen molar-refractivity contribution in [2.24, 2.45) is 0 Å². The van der Waals surface area contributed by atoms with Crippen LogP contribution in [-0.4, -0.2) is 21.8 Å². The molecule has 0 radical (unpaired) electrons. The quantitative estimate of drug-likeness (QED) is 0.876. The lowest BCUT2D eigenvalue weighted by molar-refractivity contribution is -0.115. The van der Waals surface area contributed by atoms with Crippen molar-refractivity contribution < 1.29 is 9.59 Å². The average Bonchev–Trinajstić information content (AvgIpc) is 2.40. The van der Waals surface area contributed by atoms with Crippen molar-refractivity contribution in [2.45, 2.75) is 13.8 Å². The van der Waals surface area contributed by atoms with Gasteiger partial charge < -0.3 is 10.6 Å². The van der Waals surface area contributed by atoms with Gasteiger partial charge in [0, 0.05) is 26.2 Å². The zero-order valence-electron chi connectivity index (χ0n) is 11.3. The van der Waals surface area contributed by atoms with Crippen molar-refractivity contribution in [2.75, 3.05) is 10.6 Å². The van der Waals surface area contributed by atoms with Crippen molar-refractivity contribution in [1.29, 1.82) is 0 Å². The van der Waals surface area contributed by atoms with Crippen LogP contribution in [0.15, 0.2) is 48.8 Å². The fourth-order valence-electron chi connectivity index (χ4n) is 1.23. The van der Waals surface area contributed by atoms with Gasteiger partial charge >= 0.3 is 0 Å². The number of nitrogens with zero attached hydrogens (tertiary/aromatic N) is 2. The second-order valence-electron chi connectivity index (χ2n) is 3.79. The maximum atomic E-state index is 10.5. The minimum atomic E-state index is -0.0984. The summed E-state index contributed by atoms with van der Waals surface area (Å²) >= 11 is 0. The molecule has 0 unspecified atom stereocenters. The Kier molecular flexibility index (Phi) is 6.40. The van der Waals surface area contributed by atoms with Gasteiger partial charge in [0.25, 0.3) is 0 Å². The molecule has 0 saturated heterocycles. The van der Waals surface area contributed by atoms with Crippen LogP contribution in [0.3, 0.4) is 0 Å². The number of nitrogens with one attached hydrogen (secondary N) is 2. The molecule has 20 heavy (non-hydrogen) atoms. The molecule has 0 saturated carbocycles. The SMILES string of the molecule is CC(=O)Nc1ccccn1.CC(=O)Nc1ccccn1. The van der Waals surface area contributed by atoms with E-state index in [1.54, 1.807) is 36.7 Å². The van der Waals surface area contributed by atoms with Gasteiger partial charge in [-0.25, -0.2) is 9.97 Å². The van der Waals surface area contributed by atoms with Gasteiger partial charge in [-0.3, -0.25) is 9.59 Å². The molecular weight excluding hydrogens is 256 g/mol. The Morgan fingerprint density at radius 3 is 1.45 bits per heavy atom. The van der Waals surface area contributed by atoms with E-state index in [0.29, 0.717) is 11.6 Å². The fraction of sp³-hybridized carbons (Fsp3) is 0.143. The standard InChI is InChI=1S/2C7H8N2O/c2*1-6(10)9-7-4-2-3-5-8-7/h2*2-5H,1H3,(H,8,9,10). The molecule has 6 heteroatoms. The summed E-state index contributed by atoms with van der Waals surface area (Å²) in [6, 6.07) is 10.7. The molecule has 6 nitrogen and oxygen atoms in total. The number of hydrogen-bond acceptors (Lipinski definition) is 4. The van der Waals surface area contributed by atoms with Gasteiger partial charge in [-0.05, 0) is 24.3 Å². The highest BCUT2D eigenvalue weighted by Gasteiger charge is 1.92. The second kappa shape index (κ2) is 8.36. The Labute approximate surface area is 117 Å². The van der Waals surface area contributed by atoms with Crippen LogP contribution in [0.1, 0.15) is 13.8 Å². The molecule has 0 atom stereocenters. The highest BCUT2D eigenvalue weighted by molar-refractivity contribution is 5.87. The van der Waals surface area contributed by atoms with E-state index < -0.39 is 0 Å². The zero-order valence-corrected chi connectivity index (χ0v) is 11.3. The Bertz CT molecular complexity index is 492. The van der Waals surface area contributed by atoms with Crippen molar-refractivity contribution in [3.8, 4) is 0 Å². The van der Waals surface area contributed by atoms with E-state index in [9.17, 15) is 9.59 Å². The second-order valence-corrected chi connectivity index (χ2v) is 3.79. The number of carbonyl (C=O) groups is 2. The van der Waals surface area contributed by atoms with E-state index in [4.69, 9.17) is 0 Å². The third-order valence-corrected chi connectivity index (χ3v) is 1.94. The summed E-state index contributed by atoms with van der Waals surface area (Å²) in [6.07, 6.45) is 3.26. The van der Waals surface area contributed by atoms with Crippen LogP contribution in [0.2, 0.25) is 0 Å². The molecule has 0 aromatic carbocycles. The molecule has 0 aliphatic carbocycles. The fourth-order valence-corrected chi connectivity index (χ4v) is 1.23. The normalized spacial score (nSPS) is 8.90. The van der Waals surface area contributed by atoms with Crippen LogP contribution < -0.4 is 10.6 Å². The lowest BCUT2D eigenvalue weighted by Crippen LogP contribution is -2.06. The first-order chi connectivity index (χ1) is 9.58. The van der Waals surface area contributed by atoms with Gasteiger partial charge in [0.2, 0.25) is 11.8 Å². The van der Waals surface area contributed by atoms with E-state index in [2.05, 4.69) is 20.6 Å². The van der Waals surface area contributed by atoms with Gasteiger partial charge in [0.1, 0.15) is 11.6 Å². The van der Waals surface area contributed by atoms with E-state index in [0.717, 1.165) is 0 Å². The van der Waals surface area contributed by atoms with Gasteiger partial charge in [0.15, 0.2) is 0 Å². The molecule has 2 heterocycles. The third kappa shape index (κ3) is 6.85. The van der Waals surface area contributed by atoms with Gasteiger partial charge in [-0.1, -0.05) is 12.1 Å². The predicted molar refractivity (Wildman–Crippen MR) is 77.1 cm³/mol. The summed E-state index contributed by atoms with van der Waals surface area (Å²) in [5.74, 6) is 0.988. The molecule has 0 spiro atoms. The van der Waals surface area contributed by atoms with Crippen LogP contribution in [0.25, 0.3) is 0 Å². The van der Waals surface area contributed by atoms with E-state index in [1.807, 2.05) is 12.1 Å². The summed E-state index contributed by atoms with van der Waals surface area (Å²) in [6.45, 7) is 2.91. The summed E-state index contributed by atoms with van der Waals surface area (Å²) in [5, 5.41) is 5.11. The maximum Gasteiger partial charge on any atom is 0.222 e. The highest BCUT2D eigenvalue weighted by atomic mass is 16.2. The summed E-state index contributed by atoms with van der Waals surface area (Å²) < 4.78 is 0. The Morgan fingerprint density at radius 1 is 0.800 bits per heavy atom. The van der Waals surface area contributed by atoms with Crippen LogP contribution in [-0.2, 0) is 9.59 Å². The number of aromatic nitrogens is 2. The van der Waals surface area contributed by atoms with Crippen molar-refractivity contribution in [3.63, 3.8) is 0 Å². The molecule has 104 valence electrons. The van der Waals surface area contributed by atoms with E-state index in [-0.39, 0.29) is 11.8 Å². The number of hydrogen-bond donors (Lipinski definition) is 2. The number of anilines is 2. The predicted octanol–water partition coefficient (Wildman–Crippen LogP) is 2.08. The third-order valence-electron chi connectivity index (χ3n) is 1.94.